The third-order valence-electron chi connectivity index (χ3n) is 3.67. The summed E-state index contributed by atoms with van der Waals surface area (Å²) < 4.78 is 10.2. The topological polar surface area (TPSA) is 50.8 Å². The summed E-state index contributed by atoms with van der Waals surface area (Å²) in [5, 5.41) is 3.16. The smallest absolute Gasteiger partial charge is 0.318 e. The third kappa shape index (κ3) is 4.63. The Hall–Kier alpha value is -1.24. The number of fused-ring (bicyclic) bond motifs is 1. The number of hydrogen-bond acceptors (Lipinski definition) is 4. The summed E-state index contributed by atoms with van der Waals surface area (Å²) in [5.74, 6) is 1.03. The number of amides is 2. The lowest BCUT2D eigenvalue weighted by Crippen LogP contribution is -2.45. The minimum atomic E-state index is -0.0548. The Bertz CT molecular complexity index is 476. The molecule has 0 spiro atoms. The van der Waals surface area contributed by atoms with Gasteiger partial charge in [0.05, 0.1) is 19.3 Å². The van der Waals surface area contributed by atoms with Gasteiger partial charge in [0.1, 0.15) is 0 Å². The molecule has 22 heavy (non-hydrogen) atoms. The molecule has 5 nitrogen and oxygen atoms in total. The molecule has 6 heteroatoms. The van der Waals surface area contributed by atoms with Crippen LogP contribution in [0.3, 0.4) is 0 Å². The van der Waals surface area contributed by atoms with Crippen molar-refractivity contribution in [2.24, 2.45) is 0 Å². The van der Waals surface area contributed by atoms with Gasteiger partial charge in [-0.3, -0.25) is 0 Å². The summed E-state index contributed by atoms with van der Waals surface area (Å²) in [6.45, 7) is 2.17. The highest BCUT2D eigenvalue weighted by Gasteiger charge is 2.24. The van der Waals surface area contributed by atoms with Crippen LogP contribution in [-0.4, -0.2) is 57.2 Å². The van der Waals surface area contributed by atoms with E-state index in [-0.39, 0.29) is 12.1 Å². The SMILES string of the molecule is COCCN(CCOC)C(=O)N[C@H]1CCSc2ccccc21. The molecule has 2 amide bonds. The van der Waals surface area contributed by atoms with Gasteiger partial charge in [-0.15, -0.1) is 11.8 Å². The normalized spacial score (nSPS) is 16.9. The van der Waals surface area contributed by atoms with Gasteiger partial charge in [0, 0.05) is 38.0 Å². The first-order valence-corrected chi connectivity index (χ1v) is 8.50. The van der Waals surface area contributed by atoms with E-state index in [2.05, 4.69) is 17.4 Å². The number of rotatable bonds is 7. The molecule has 2 rings (SSSR count). The molecule has 0 saturated heterocycles. The zero-order chi connectivity index (χ0) is 15.8. The standard InChI is InChI=1S/C16H24N2O3S/c1-20-10-8-18(9-11-21-2)16(19)17-14-7-12-22-15-6-4-3-5-13(14)15/h3-6,14H,7-12H2,1-2H3,(H,17,19)/t14-/m0/s1. The molecule has 0 fully saturated rings. The fourth-order valence-corrected chi connectivity index (χ4v) is 3.58. The van der Waals surface area contributed by atoms with Gasteiger partial charge < -0.3 is 19.7 Å². The van der Waals surface area contributed by atoms with E-state index < -0.39 is 0 Å². The maximum atomic E-state index is 12.5. The lowest BCUT2D eigenvalue weighted by atomic mass is 10.0. The van der Waals surface area contributed by atoms with E-state index in [4.69, 9.17) is 9.47 Å². The lowest BCUT2D eigenvalue weighted by Gasteiger charge is -2.29. The Morgan fingerprint density at radius 1 is 1.27 bits per heavy atom. The summed E-state index contributed by atoms with van der Waals surface area (Å²) in [7, 11) is 3.28. The van der Waals surface area contributed by atoms with E-state index in [1.807, 2.05) is 23.9 Å². The Morgan fingerprint density at radius 3 is 2.64 bits per heavy atom. The number of ether oxygens (including phenoxy) is 2. The van der Waals surface area contributed by atoms with Crippen LogP contribution in [0.2, 0.25) is 0 Å². The molecule has 1 atom stereocenters. The Morgan fingerprint density at radius 2 is 1.95 bits per heavy atom. The number of carbonyl (C=O) groups excluding carboxylic acids is 1. The molecule has 0 radical (unpaired) electrons. The predicted octanol–water partition coefficient (Wildman–Crippen LogP) is 2.53. The molecule has 1 heterocycles. The van der Waals surface area contributed by atoms with Crippen molar-refractivity contribution in [3.8, 4) is 0 Å². The highest BCUT2D eigenvalue weighted by molar-refractivity contribution is 7.99. The first-order valence-electron chi connectivity index (χ1n) is 7.51. The summed E-state index contributed by atoms with van der Waals surface area (Å²) in [6.07, 6.45) is 0.954. The highest BCUT2D eigenvalue weighted by atomic mass is 32.2. The average molecular weight is 324 g/mol. The van der Waals surface area contributed by atoms with Crippen molar-refractivity contribution < 1.29 is 14.3 Å². The summed E-state index contributed by atoms with van der Waals surface area (Å²) >= 11 is 1.85. The first-order chi connectivity index (χ1) is 10.8. The summed E-state index contributed by atoms with van der Waals surface area (Å²) in [6, 6.07) is 8.31. The molecule has 122 valence electrons. The fraction of sp³-hybridized carbons (Fsp3) is 0.562. The third-order valence-corrected chi connectivity index (χ3v) is 4.80. The van der Waals surface area contributed by atoms with Crippen LogP contribution in [0.25, 0.3) is 0 Å². The molecule has 0 aliphatic carbocycles. The molecule has 1 aliphatic rings. The molecule has 1 N–H and O–H groups in total. The van der Waals surface area contributed by atoms with Crippen molar-refractivity contribution >= 4 is 17.8 Å². The van der Waals surface area contributed by atoms with Gasteiger partial charge in [-0.2, -0.15) is 0 Å². The van der Waals surface area contributed by atoms with Gasteiger partial charge in [-0.25, -0.2) is 4.79 Å². The molecule has 1 aliphatic heterocycles. The van der Waals surface area contributed by atoms with Crippen molar-refractivity contribution in [1.82, 2.24) is 10.2 Å². The van der Waals surface area contributed by atoms with E-state index >= 15 is 0 Å². The molecule has 0 aromatic heterocycles. The van der Waals surface area contributed by atoms with Crippen LogP contribution >= 0.6 is 11.8 Å². The van der Waals surface area contributed by atoms with Gasteiger partial charge in [-0.1, -0.05) is 18.2 Å². The molecule has 0 saturated carbocycles. The number of benzene rings is 1. The fourth-order valence-electron chi connectivity index (χ4n) is 2.45. The quantitative estimate of drug-likeness (QED) is 0.837. The number of carbonyl (C=O) groups is 1. The minimum absolute atomic E-state index is 0.0548. The van der Waals surface area contributed by atoms with Crippen molar-refractivity contribution in [3.63, 3.8) is 0 Å². The molecular formula is C16H24N2O3S. The molecule has 1 aromatic carbocycles. The van der Waals surface area contributed by atoms with Crippen LogP contribution in [0.4, 0.5) is 4.79 Å². The zero-order valence-electron chi connectivity index (χ0n) is 13.2. The Balaban J connectivity index is 2.00. The van der Waals surface area contributed by atoms with Gasteiger partial charge in [0.2, 0.25) is 0 Å². The van der Waals surface area contributed by atoms with Gasteiger partial charge >= 0.3 is 6.03 Å². The van der Waals surface area contributed by atoms with Crippen molar-refractivity contribution in [1.29, 1.82) is 0 Å². The second kappa shape index (κ2) is 9.02. The van der Waals surface area contributed by atoms with E-state index in [1.54, 1.807) is 19.1 Å². The second-order valence-corrected chi connectivity index (χ2v) is 6.29. The van der Waals surface area contributed by atoms with Crippen LogP contribution in [0.1, 0.15) is 18.0 Å². The van der Waals surface area contributed by atoms with E-state index in [1.165, 1.54) is 10.5 Å². The number of urea groups is 1. The number of thioether (sulfide) groups is 1. The lowest BCUT2D eigenvalue weighted by molar-refractivity contribution is 0.121. The van der Waals surface area contributed by atoms with Crippen molar-refractivity contribution in [2.75, 3.05) is 46.3 Å². The first kappa shape index (κ1) is 17.1. The Kier molecular flexibility index (Phi) is 7.02. The number of hydrogen-bond donors (Lipinski definition) is 1. The molecule has 1 aromatic rings. The van der Waals surface area contributed by atoms with Crippen LogP contribution < -0.4 is 5.32 Å². The largest absolute Gasteiger partial charge is 0.383 e. The van der Waals surface area contributed by atoms with Gasteiger partial charge in [0.25, 0.3) is 0 Å². The number of nitrogens with zero attached hydrogens (tertiary/aromatic N) is 1. The van der Waals surface area contributed by atoms with E-state index in [0.717, 1.165) is 12.2 Å². The molecular weight excluding hydrogens is 300 g/mol. The van der Waals surface area contributed by atoms with Crippen LogP contribution in [0.15, 0.2) is 29.2 Å². The number of nitrogens with one attached hydrogen (secondary N) is 1. The maximum absolute atomic E-state index is 12.5. The van der Waals surface area contributed by atoms with Crippen LogP contribution in [0.5, 0.6) is 0 Å². The molecule has 0 unspecified atom stereocenters. The molecule has 0 bridgehead atoms. The highest BCUT2D eigenvalue weighted by Crippen LogP contribution is 2.35. The minimum Gasteiger partial charge on any atom is -0.383 e. The van der Waals surface area contributed by atoms with E-state index in [9.17, 15) is 4.79 Å². The monoisotopic (exact) mass is 324 g/mol. The van der Waals surface area contributed by atoms with Crippen molar-refractivity contribution in [3.05, 3.63) is 29.8 Å². The van der Waals surface area contributed by atoms with Crippen molar-refractivity contribution in [2.45, 2.75) is 17.4 Å². The summed E-state index contributed by atoms with van der Waals surface area (Å²) in [5.41, 5.74) is 1.21. The zero-order valence-corrected chi connectivity index (χ0v) is 14.0. The number of methoxy groups -OCH3 is 2. The van der Waals surface area contributed by atoms with Crippen LogP contribution in [-0.2, 0) is 9.47 Å². The summed E-state index contributed by atoms with van der Waals surface area (Å²) in [4.78, 5) is 15.5. The average Bonchev–Trinajstić information content (AvgIpc) is 2.55. The predicted molar refractivity (Wildman–Crippen MR) is 88.4 cm³/mol. The van der Waals surface area contributed by atoms with E-state index in [0.29, 0.717) is 26.3 Å². The van der Waals surface area contributed by atoms with Crippen LogP contribution in [0, 0.1) is 0 Å². The maximum Gasteiger partial charge on any atom is 0.318 e. The van der Waals surface area contributed by atoms with Gasteiger partial charge in [0.15, 0.2) is 0 Å². The van der Waals surface area contributed by atoms with Gasteiger partial charge in [-0.05, 0) is 18.1 Å². The second-order valence-electron chi connectivity index (χ2n) is 5.15. The Labute approximate surface area is 136 Å².